The molecule has 1 saturated heterocycles. The topological polar surface area (TPSA) is 122 Å². The monoisotopic (exact) mass is 535 g/mol. The third kappa shape index (κ3) is 6.26. The van der Waals surface area contributed by atoms with Gasteiger partial charge < -0.3 is 15.0 Å². The maximum absolute atomic E-state index is 14.1. The Balaban J connectivity index is 1.21. The zero-order chi connectivity index (χ0) is 27.4. The molecule has 4 aromatic rings. The number of rotatable bonds is 8. The summed E-state index contributed by atoms with van der Waals surface area (Å²) >= 11 is 0. The van der Waals surface area contributed by atoms with Gasteiger partial charge in [0.2, 0.25) is 11.9 Å². The fraction of sp³-hybridized carbons (Fsp3) is 0.269. The van der Waals surface area contributed by atoms with Crippen LogP contribution in [0.2, 0.25) is 0 Å². The molecule has 3 N–H and O–H groups in total. The molecule has 1 fully saturated rings. The minimum atomic E-state index is -0.777. The largest absolute Gasteiger partial charge is 0.483 e. The van der Waals surface area contributed by atoms with Crippen molar-refractivity contribution in [1.29, 1.82) is 0 Å². The summed E-state index contributed by atoms with van der Waals surface area (Å²) in [4.78, 5) is 27.9. The molecule has 11 nitrogen and oxygen atoms in total. The minimum absolute atomic E-state index is 0.291. The van der Waals surface area contributed by atoms with E-state index in [0.717, 1.165) is 23.5 Å². The fourth-order valence-electron chi connectivity index (χ4n) is 4.38. The number of hydrazine groups is 1. The van der Waals surface area contributed by atoms with Crippen molar-refractivity contribution < 1.29 is 18.3 Å². The number of carbonyl (C=O) groups is 1. The zero-order valence-corrected chi connectivity index (χ0v) is 21.3. The van der Waals surface area contributed by atoms with Crippen LogP contribution < -0.4 is 20.9 Å². The second-order valence-corrected chi connectivity index (χ2v) is 9.22. The van der Waals surface area contributed by atoms with E-state index in [-0.39, 0.29) is 5.91 Å². The summed E-state index contributed by atoms with van der Waals surface area (Å²) in [6.07, 6.45) is 4.65. The Labute approximate surface area is 223 Å². The zero-order valence-electron chi connectivity index (χ0n) is 21.3. The maximum Gasteiger partial charge on any atom is 0.242 e. The van der Waals surface area contributed by atoms with Gasteiger partial charge in [-0.25, -0.2) is 23.7 Å². The Hall–Kier alpha value is -4.65. The first kappa shape index (κ1) is 26.0. The van der Waals surface area contributed by atoms with E-state index in [0.29, 0.717) is 37.0 Å². The summed E-state index contributed by atoms with van der Waals surface area (Å²) in [6.45, 7) is 0.902. The molecule has 5 rings (SSSR count). The van der Waals surface area contributed by atoms with Crippen LogP contribution in [0.15, 0.2) is 61.1 Å². The van der Waals surface area contributed by atoms with Crippen LogP contribution in [0.4, 0.5) is 26.4 Å². The maximum atomic E-state index is 14.1. The van der Waals surface area contributed by atoms with E-state index in [1.54, 1.807) is 41.5 Å². The lowest BCUT2D eigenvalue weighted by molar-refractivity contribution is -0.127. The Morgan fingerprint density at radius 3 is 2.59 bits per heavy atom. The predicted molar refractivity (Wildman–Crippen MR) is 140 cm³/mol. The first-order chi connectivity index (χ1) is 18.9. The van der Waals surface area contributed by atoms with Gasteiger partial charge in [0.15, 0.2) is 17.4 Å². The molecule has 0 bridgehead atoms. The molecule has 1 aliphatic rings. The number of hydrogen-bond acceptors (Lipinski definition) is 9. The third-order valence-electron chi connectivity index (χ3n) is 6.25. The molecule has 0 saturated carbocycles. The summed E-state index contributed by atoms with van der Waals surface area (Å²) in [5, 5.41) is 7.23. The SMILES string of the molecule is CN1CC(Oc2c(F)cccc2F)CC(C(=O)NNc2cc(-c3ccnc(Nc4ccnn4C)n3)ccn2)C1. The van der Waals surface area contributed by atoms with Crippen molar-refractivity contribution in [2.75, 3.05) is 30.9 Å². The van der Waals surface area contributed by atoms with Gasteiger partial charge >= 0.3 is 0 Å². The lowest BCUT2D eigenvalue weighted by Gasteiger charge is -2.35. The molecule has 0 aliphatic carbocycles. The van der Waals surface area contributed by atoms with Crippen molar-refractivity contribution >= 4 is 23.5 Å². The van der Waals surface area contributed by atoms with E-state index in [1.807, 2.05) is 25.1 Å². The van der Waals surface area contributed by atoms with Gasteiger partial charge in [0.25, 0.3) is 0 Å². The van der Waals surface area contributed by atoms with Crippen molar-refractivity contribution in [3.63, 3.8) is 0 Å². The Kier molecular flexibility index (Phi) is 7.59. The number of likely N-dealkylation sites (N-methyl/N-ethyl adjacent to an activating group) is 1. The number of nitrogens with one attached hydrogen (secondary N) is 3. The van der Waals surface area contributed by atoms with Crippen molar-refractivity contribution in [1.82, 2.24) is 35.1 Å². The van der Waals surface area contributed by atoms with E-state index in [2.05, 4.69) is 36.2 Å². The lowest BCUT2D eigenvalue weighted by Crippen LogP contribution is -2.49. The van der Waals surface area contributed by atoms with Crippen LogP contribution in [0.25, 0.3) is 11.3 Å². The van der Waals surface area contributed by atoms with Crippen molar-refractivity contribution in [3.8, 4) is 17.0 Å². The quantitative estimate of drug-likeness (QED) is 0.292. The number of pyridine rings is 1. The molecule has 2 atom stereocenters. The van der Waals surface area contributed by atoms with Gasteiger partial charge in [0, 0.05) is 44.2 Å². The van der Waals surface area contributed by atoms with Gasteiger partial charge in [-0.05, 0) is 43.8 Å². The molecule has 202 valence electrons. The highest BCUT2D eigenvalue weighted by atomic mass is 19.1. The van der Waals surface area contributed by atoms with Gasteiger partial charge in [-0.2, -0.15) is 5.10 Å². The van der Waals surface area contributed by atoms with Crippen LogP contribution in [0.3, 0.4) is 0 Å². The van der Waals surface area contributed by atoms with Crippen molar-refractivity contribution in [2.45, 2.75) is 12.5 Å². The molecule has 1 aromatic carbocycles. The molecule has 3 aromatic heterocycles. The van der Waals surface area contributed by atoms with Gasteiger partial charge in [0.05, 0.1) is 17.8 Å². The summed E-state index contributed by atoms with van der Waals surface area (Å²) in [6, 6.07) is 10.7. The van der Waals surface area contributed by atoms with E-state index in [4.69, 9.17) is 4.74 Å². The highest BCUT2D eigenvalue weighted by Crippen LogP contribution is 2.27. The lowest BCUT2D eigenvalue weighted by atomic mass is 9.95. The number of carbonyl (C=O) groups excluding carboxylic acids is 1. The van der Waals surface area contributed by atoms with Crippen LogP contribution in [-0.2, 0) is 11.8 Å². The second kappa shape index (κ2) is 11.4. The number of anilines is 3. The summed E-state index contributed by atoms with van der Waals surface area (Å²) in [7, 11) is 3.63. The average molecular weight is 536 g/mol. The van der Waals surface area contributed by atoms with Crippen molar-refractivity contribution in [3.05, 3.63) is 72.7 Å². The first-order valence-electron chi connectivity index (χ1n) is 12.3. The molecule has 39 heavy (non-hydrogen) atoms. The molecule has 2 unspecified atom stereocenters. The summed E-state index contributed by atoms with van der Waals surface area (Å²) in [5.74, 6) is -1.19. The van der Waals surface area contributed by atoms with E-state index in [1.165, 1.54) is 6.07 Å². The van der Waals surface area contributed by atoms with E-state index in [9.17, 15) is 13.6 Å². The fourth-order valence-corrected chi connectivity index (χ4v) is 4.38. The summed E-state index contributed by atoms with van der Waals surface area (Å²) < 4.78 is 35.4. The number of likely N-dealkylation sites (tertiary alicyclic amines) is 1. The molecule has 13 heteroatoms. The van der Waals surface area contributed by atoms with Gasteiger partial charge in [0.1, 0.15) is 17.7 Å². The number of nitrogens with zero attached hydrogens (tertiary/aromatic N) is 6. The van der Waals surface area contributed by atoms with E-state index >= 15 is 0 Å². The van der Waals surface area contributed by atoms with Gasteiger partial charge in [-0.1, -0.05) is 6.07 Å². The molecule has 1 amide bonds. The average Bonchev–Trinajstić information content (AvgIpc) is 3.33. The van der Waals surface area contributed by atoms with Crippen LogP contribution >= 0.6 is 0 Å². The summed E-state index contributed by atoms with van der Waals surface area (Å²) in [5.41, 5.74) is 6.95. The van der Waals surface area contributed by atoms with Crippen LogP contribution in [0.5, 0.6) is 5.75 Å². The predicted octanol–water partition coefficient (Wildman–Crippen LogP) is 3.14. The number of aromatic nitrogens is 5. The Bertz CT molecular complexity index is 1440. The highest BCUT2D eigenvalue weighted by molar-refractivity contribution is 5.80. The molecule has 4 heterocycles. The number of halogens is 2. The van der Waals surface area contributed by atoms with Crippen LogP contribution in [0, 0.1) is 17.6 Å². The van der Waals surface area contributed by atoms with Gasteiger partial charge in [-0.3, -0.25) is 20.3 Å². The second-order valence-electron chi connectivity index (χ2n) is 9.22. The Morgan fingerprint density at radius 1 is 1.03 bits per heavy atom. The molecule has 0 spiro atoms. The smallest absolute Gasteiger partial charge is 0.242 e. The molecule has 0 radical (unpaired) electrons. The third-order valence-corrected chi connectivity index (χ3v) is 6.25. The first-order valence-corrected chi connectivity index (χ1v) is 12.3. The minimum Gasteiger partial charge on any atom is -0.483 e. The molecule has 1 aliphatic heterocycles. The number of para-hydroxylation sites is 1. The van der Waals surface area contributed by atoms with Crippen molar-refractivity contribution in [2.24, 2.45) is 13.0 Å². The number of aryl methyl sites for hydroxylation is 1. The molecular formula is C26H27F2N9O2. The normalized spacial score (nSPS) is 17.4. The number of amides is 1. The van der Waals surface area contributed by atoms with Crippen LogP contribution in [0.1, 0.15) is 6.42 Å². The highest BCUT2D eigenvalue weighted by Gasteiger charge is 2.32. The number of benzene rings is 1. The standard InChI is InChI=1S/C26H27F2N9O2/c1-36-14-17(12-18(15-36)39-24-19(27)4-3-5-20(24)28)25(38)35-34-22-13-16(6-9-29-22)21-7-10-30-26(32-21)33-23-8-11-31-37(23)2/h3-11,13,17-18H,12,14-15H2,1-2H3,(H,29,34)(H,35,38)(H,30,32,33). The number of ether oxygens (including phenoxy) is 1. The van der Waals surface area contributed by atoms with Crippen LogP contribution in [-0.4, -0.2) is 61.8 Å². The Morgan fingerprint density at radius 2 is 1.82 bits per heavy atom. The van der Waals surface area contributed by atoms with E-state index < -0.39 is 29.4 Å². The van der Waals surface area contributed by atoms with Gasteiger partial charge in [-0.15, -0.1) is 0 Å². The number of hydrogen-bond donors (Lipinski definition) is 3. The molecular weight excluding hydrogens is 508 g/mol. The number of piperidine rings is 1.